The number of hydrogen-bond acceptors (Lipinski definition) is 8. The molecule has 34 heavy (non-hydrogen) atoms. The van der Waals surface area contributed by atoms with E-state index < -0.39 is 9.84 Å². The number of imidazole rings is 1. The first-order chi connectivity index (χ1) is 16.2. The first kappa shape index (κ1) is 23.6. The van der Waals surface area contributed by atoms with Crippen molar-refractivity contribution in [2.45, 2.75) is 31.6 Å². The van der Waals surface area contributed by atoms with Gasteiger partial charge in [0.15, 0.2) is 20.9 Å². The lowest BCUT2D eigenvalue weighted by Crippen LogP contribution is -2.30. The van der Waals surface area contributed by atoms with Crippen molar-refractivity contribution in [3.05, 3.63) is 60.5 Å². The molecule has 1 aromatic carbocycles. The van der Waals surface area contributed by atoms with Gasteiger partial charge in [0, 0.05) is 38.0 Å². The minimum atomic E-state index is -3.45. The zero-order valence-electron chi connectivity index (χ0n) is 18.9. The van der Waals surface area contributed by atoms with Crippen LogP contribution in [-0.2, 0) is 22.7 Å². The van der Waals surface area contributed by atoms with Crippen molar-refractivity contribution in [1.29, 1.82) is 0 Å². The maximum atomic E-state index is 12.3. The molecule has 0 atom stereocenters. The molecule has 0 spiro atoms. The van der Waals surface area contributed by atoms with Crippen molar-refractivity contribution in [2.24, 2.45) is 0 Å². The number of carbonyl (C=O) groups excluding carboxylic acids is 1. The van der Waals surface area contributed by atoms with Crippen molar-refractivity contribution in [1.82, 2.24) is 24.8 Å². The average molecular weight is 501 g/mol. The smallest absolute Gasteiger partial charge is 0.321 e. The zero-order chi connectivity index (χ0) is 24.3. The first-order valence-corrected chi connectivity index (χ1v) is 13.2. The van der Waals surface area contributed by atoms with E-state index in [4.69, 9.17) is 4.42 Å². The van der Waals surface area contributed by atoms with Gasteiger partial charge in [-0.3, -0.25) is 5.32 Å². The van der Waals surface area contributed by atoms with E-state index in [9.17, 15) is 13.2 Å². The molecule has 4 aromatic rings. The van der Waals surface area contributed by atoms with Crippen molar-refractivity contribution >= 4 is 32.3 Å². The van der Waals surface area contributed by atoms with Crippen LogP contribution in [0.4, 0.5) is 9.93 Å². The molecule has 0 aliphatic heterocycles. The first-order valence-electron chi connectivity index (χ1n) is 10.5. The van der Waals surface area contributed by atoms with Gasteiger partial charge in [0.25, 0.3) is 0 Å². The Morgan fingerprint density at radius 3 is 2.79 bits per heavy atom. The normalized spacial score (nSPS) is 11.5. The van der Waals surface area contributed by atoms with Crippen molar-refractivity contribution < 1.29 is 17.6 Å². The van der Waals surface area contributed by atoms with Gasteiger partial charge in [-0.1, -0.05) is 24.3 Å². The molecule has 10 nitrogen and oxygen atoms in total. The SMILES string of the molecule is CCc1cnc(CCNC(=O)Nc2nc(C)c(-c3ccc(S(C)(=O)=O)c(-n4ccnc4)c3)s2)o1. The fraction of sp³-hybridized carbons (Fsp3) is 0.273. The molecule has 0 saturated heterocycles. The predicted octanol–water partition coefficient (Wildman–Crippen LogP) is 3.62. The topological polar surface area (TPSA) is 132 Å². The van der Waals surface area contributed by atoms with Crippen molar-refractivity contribution in [3.63, 3.8) is 0 Å². The molecule has 12 heteroatoms. The number of carbonyl (C=O) groups is 1. The lowest BCUT2D eigenvalue weighted by atomic mass is 10.1. The minimum Gasteiger partial charge on any atom is -0.446 e. The second kappa shape index (κ2) is 9.77. The van der Waals surface area contributed by atoms with Crippen LogP contribution in [0.25, 0.3) is 16.1 Å². The Labute approximate surface area is 201 Å². The summed E-state index contributed by atoms with van der Waals surface area (Å²) in [6, 6.07) is 4.71. The highest BCUT2D eigenvalue weighted by Gasteiger charge is 2.18. The second-order valence-electron chi connectivity index (χ2n) is 7.56. The van der Waals surface area contributed by atoms with Crippen molar-refractivity contribution in [2.75, 3.05) is 18.1 Å². The maximum absolute atomic E-state index is 12.3. The highest BCUT2D eigenvalue weighted by molar-refractivity contribution is 7.90. The summed E-state index contributed by atoms with van der Waals surface area (Å²) in [4.78, 5) is 26.0. The molecular weight excluding hydrogens is 476 g/mol. The summed E-state index contributed by atoms with van der Waals surface area (Å²) in [5, 5.41) is 5.95. The number of sulfone groups is 1. The van der Waals surface area contributed by atoms with Gasteiger partial charge in [-0.05, 0) is 24.6 Å². The maximum Gasteiger partial charge on any atom is 0.321 e. The Kier molecular flexibility index (Phi) is 6.80. The van der Waals surface area contributed by atoms with Crippen LogP contribution >= 0.6 is 11.3 Å². The van der Waals surface area contributed by atoms with Gasteiger partial charge in [0.2, 0.25) is 0 Å². The summed E-state index contributed by atoms with van der Waals surface area (Å²) in [5.74, 6) is 1.39. The molecule has 0 aliphatic carbocycles. The Bertz CT molecular complexity index is 1410. The predicted molar refractivity (Wildman–Crippen MR) is 129 cm³/mol. The van der Waals surface area contributed by atoms with E-state index in [1.54, 1.807) is 47.7 Å². The highest BCUT2D eigenvalue weighted by atomic mass is 32.2. The lowest BCUT2D eigenvalue weighted by molar-refractivity contribution is 0.252. The van der Waals surface area contributed by atoms with Gasteiger partial charge in [-0.15, -0.1) is 0 Å². The minimum absolute atomic E-state index is 0.200. The third-order valence-corrected chi connectivity index (χ3v) is 7.26. The second-order valence-corrected chi connectivity index (χ2v) is 10.5. The van der Waals surface area contributed by atoms with Crippen LogP contribution < -0.4 is 10.6 Å². The number of oxazole rings is 1. The lowest BCUT2D eigenvalue weighted by Gasteiger charge is -2.11. The van der Waals surface area contributed by atoms with Gasteiger partial charge in [-0.25, -0.2) is 28.2 Å². The molecule has 0 radical (unpaired) electrons. The molecule has 3 aromatic heterocycles. The number of amides is 2. The number of urea groups is 1. The van der Waals surface area contributed by atoms with E-state index in [2.05, 4.69) is 25.6 Å². The van der Waals surface area contributed by atoms with E-state index >= 15 is 0 Å². The van der Waals surface area contributed by atoms with Crippen LogP contribution in [-0.4, -0.2) is 46.8 Å². The Morgan fingerprint density at radius 2 is 2.12 bits per heavy atom. The monoisotopic (exact) mass is 500 g/mol. The molecule has 2 N–H and O–H groups in total. The van der Waals surface area contributed by atoms with Gasteiger partial charge >= 0.3 is 6.03 Å². The van der Waals surface area contributed by atoms with E-state index in [0.717, 1.165) is 28.3 Å². The third kappa shape index (κ3) is 5.34. The standard InChI is InChI=1S/C22H24N6O4S2/c1-4-16-12-25-19(32-16)7-8-24-21(29)27-22-26-14(2)20(33-22)15-5-6-18(34(3,30)31)17(11-15)28-10-9-23-13-28/h5-6,9-13H,4,7-8H2,1-3H3,(H2,24,26,27,29). The van der Waals surface area contributed by atoms with E-state index in [1.165, 1.54) is 17.6 Å². The molecule has 2 amide bonds. The van der Waals surface area contributed by atoms with Crippen molar-refractivity contribution in [3.8, 4) is 16.1 Å². The number of hydrogen-bond donors (Lipinski definition) is 2. The summed E-state index contributed by atoms with van der Waals surface area (Å²) in [6.45, 7) is 4.19. The number of anilines is 1. The molecule has 0 bridgehead atoms. The Balaban J connectivity index is 1.48. The average Bonchev–Trinajstić information content (AvgIpc) is 3.54. The van der Waals surface area contributed by atoms with Crippen LogP contribution in [0.5, 0.6) is 0 Å². The summed E-state index contributed by atoms with van der Waals surface area (Å²) in [5.41, 5.74) is 2.00. The molecule has 0 saturated carbocycles. The molecule has 0 aliphatic rings. The Morgan fingerprint density at radius 1 is 1.29 bits per heavy atom. The molecular formula is C22H24N6O4S2. The van der Waals surface area contributed by atoms with Crippen LogP contribution in [0.2, 0.25) is 0 Å². The number of aryl methyl sites for hydroxylation is 2. The molecule has 3 heterocycles. The van der Waals surface area contributed by atoms with E-state index in [1.807, 2.05) is 13.8 Å². The highest BCUT2D eigenvalue weighted by Crippen LogP contribution is 2.35. The van der Waals surface area contributed by atoms with Crippen LogP contribution in [0, 0.1) is 6.92 Å². The molecule has 0 unspecified atom stereocenters. The van der Waals surface area contributed by atoms with E-state index in [0.29, 0.717) is 29.7 Å². The fourth-order valence-electron chi connectivity index (χ4n) is 3.34. The summed E-state index contributed by atoms with van der Waals surface area (Å²) in [6.07, 6.45) is 8.94. The number of rotatable bonds is 8. The summed E-state index contributed by atoms with van der Waals surface area (Å²) >= 11 is 1.31. The van der Waals surface area contributed by atoms with Gasteiger partial charge in [0.1, 0.15) is 5.76 Å². The number of benzene rings is 1. The summed E-state index contributed by atoms with van der Waals surface area (Å²) < 4.78 is 31.7. The third-order valence-electron chi connectivity index (χ3n) is 4.99. The molecule has 0 fully saturated rings. The zero-order valence-corrected chi connectivity index (χ0v) is 20.5. The largest absolute Gasteiger partial charge is 0.446 e. The number of nitrogens with one attached hydrogen (secondary N) is 2. The van der Waals surface area contributed by atoms with E-state index in [-0.39, 0.29) is 10.9 Å². The number of thiazole rings is 1. The number of nitrogens with zero attached hydrogens (tertiary/aromatic N) is 4. The number of aromatic nitrogens is 4. The van der Waals surface area contributed by atoms with Gasteiger partial charge in [-0.2, -0.15) is 0 Å². The molecule has 178 valence electrons. The molecule has 4 rings (SSSR count). The van der Waals surface area contributed by atoms with Crippen LogP contribution in [0.15, 0.2) is 52.4 Å². The summed E-state index contributed by atoms with van der Waals surface area (Å²) in [7, 11) is -3.45. The van der Waals surface area contributed by atoms with Gasteiger partial charge < -0.3 is 14.3 Å². The van der Waals surface area contributed by atoms with Crippen LogP contribution in [0.1, 0.15) is 24.3 Å². The quantitative estimate of drug-likeness (QED) is 0.378. The fourth-order valence-corrected chi connectivity index (χ4v) is 5.16. The van der Waals surface area contributed by atoms with Crippen LogP contribution in [0.3, 0.4) is 0 Å². The van der Waals surface area contributed by atoms with Gasteiger partial charge in [0.05, 0.1) is 33.7 Å². The Hall–Kier alpha value is -3.51.